The van der Waals surface area contributed by atoms with Crippen LogP contribution in [0, 0.1) is 0 Å². The number of nitrogens with zero attached hydrogens (tertiary/aromatic N) is 2. The van der Waals surface area contributed by atoms with Crippen LogP contribution >= 0.6 is 11.3 Å². The van der Waals surface area contributed by atoms with Crippen LogP contribution in [0.2, 0.25) is 0 Å². The lowest BCUT2D eigenvalue weighted by Crippen LogP contribution is -2.09. The zero-order chi connectivity index (χ0) is 34.6. The van der Waals surface area contributed by atoms with E-state index in [0.717, 1.165) is 17.1 Å². The summed E-state index contributed by atoms with van der Waals surface area (Å²) >= 11 is 1.90. The van der Waals surface area contributed by atoms with Gasteiger partial charge in [-0.15, -0.1) is 11.3 Å². The number of para-hydroxylation sites is 3. The predicted molar refractivity (Wildman–Crippen MR) is 229 cm³/mol. The van der Waals surface area contributed by atoms with Crippen LogP contribution < -0.4 is 4.90 Å². The molecule has 2 nitrogen and oxygen atoms in total. The minimum absolute atomic E-state index is 1.13. The van der Waals surface area contributed by atoms with Crippen molar-refractivity contribution in [2.75, 3.05) is 4.90 Å². The summed E-state index contributed by atoms with van der Waals surface area (Å²) in [6.45, 7) is 0. The summed E-state index contributed by atoms with van der Waals surface area (Å²) < 4.78 is 5.17. The van der Waals surface area contributed by atoms with E-state index in [1.807, 2.05) is 11.3 Å². The summed E-state index contributed by atoms with van der Waals surface area (Å²) in [6, 6.07) is 66.9. The zero-order valence-electron chi connectivity index (χ0n) is 28.6. The summed E-state index contributed by atoms with van der Waals surface area (Å²) in [5.41, 5.74) is 9.76. The molecule has 0 fully saturated rings. The average Bonchev–Trinajstić information content (AvgIpc) is 3.88. The Labute approximate surface area is 309 Å². The van der Waals surface area contributed by atoms with Gasteiger partial charge in [-0.1, -0.05) is 127 Å². The van der Waals surface area contributed by atoms with E-state index in [0.29, 0.717) is 0 Å². The van der Waals surface area contributed by atoms with Crippen LogP contribution in [-0.2, 0) is 0 Å². The number of rotatable bonds is 4. The first-order valence-corrected chi connectivity index (χ1v) is 19.0. The lowest BCUT2D eigenvalue weighted by molar-refractivity contribution is 1.29. The summed E-state index contributed by atoms with van der Waals surface area (Å²) in [7, 11) is 0. The maximum Gasteiger partial charge on any atom is 0.0626 e. The Morgan fingerprint density at radius 2 is 1.00 bits per heavy atom. The molecule has 0 atom stereocenters. The Bertz CT molecular complexity index is 3390. The van der Waals surface area contributed by atoms with Crippen molar-refractivity contribution in [3.05, 3.63) is 182 Å². The molecule has 0 radical (unpaired) electrons. The van der Waals surface area contributed by atoms with Crippen LogP contribution in [0.25, 0.3) is 90.9 Å². The second-order valence-electron chi connectivity index (χ2n) is 14.1. The predicted octanol–water partition coefficient (Wildman–Crippen LogP) is 14.6. The molecule has 12 aromatic rings. The van der Waals surface area contributed by atoms with E-state index in [1.165, 1.54) is 90.9 Å². The molecule has 0 amide bonds. The van der Waals surface area contributed by atoms with Crippen molar-refractivity contribution in [3.63, 3.8) is 0 Å². The third-order valence-corrected chi connectivity index (χ3v) is 12.4. The number of fused-ring (bicyclic) bond motifs is 13. The highest BCUT2D eigenvalue weighted by Crippen LogP contribution is 2.47. The lowest BCUT2D eigenvalue weighted by Gasteiger charge is -2.26. The maximum absolute atomic E-state index is 2.53. The molecule has 0 N–H and O–H groups in total. The first-order chi connectivity index (χ1) is 26.3. The van der Waals surface area contributed by atoms with Crippen molar-refractivity contribution in [2.24, 2.45) is 0 Å². The summed E-state index contributed by atoms with van der Waals surface area (Å²) in [5, 5.41) is 13.1. The van der Waals surface area contributed by atoms with Crippen molar-refractivity contribution in [2.45, 2.75) is 0 Å². The zero-order valence-corrected chi connectivity index (χ0v) is 29.4. The summed E-state index contributed by atoms with van der Waals surface area (Å²) in [5.74, 6) is 0. The molecule has 0 aliphatic heterocycles. The molecule has 0 saturated heterocycles. The van der Waals surface area contributed by atoms with Crippen molar-refractivity contribution in [1.82, 2.24) is 4.40 Å². The molecule has 246 valence electrons. The van der Waals surface area contributed by atoms with Gasteiger partial charge in [0.15, 0.2) is 0 Å². The van der Waals surface area contributed by atoms with E-state index in [-0.39, 0.29) is 0 Å². The summed E-state index contributed by atoms with van der Waals surface area (Å²) in [4.78, 5) is 2.34. The van der Waals surface area contributed by atoms with E-state index in [1.54, 1.807) is 0 Å². The molecule has 12 rings (SSSR count). The van der Waals surface area contributed by atoms with Crippen LogP contribution in [0.4, 0.5) is 17.1 Å². The number of aromatic nitrogens is 1. The second kappa shape index (κ2) is 10.9. The molecule has 0 bridgehead atoms. The Kier molecular flexibility index (Phi) is 5.96. The van der Waals surface area contributed by atoms with Gasteiger partial charge in [0.25, 0.3) is 0 Å². The number of thiophene rings is 1. The highest BCUT2D eigenvalue weighted by Gasteiger charge is 2.21. The molecule has 3 aromatic heterocycles. The van der Waals surface area contributed by atoms with Crippen LogP contribution in [0.3, 0.4) is 0 Å². The SMILES string of the molecule is c1ccc(N(c2ccc(-c3ccc4c(c3)sc3ccc5ccc6c7cccc8c9ccccc9n(c87)c6c5c34)cc2)c2ccc3ccccc3c2)cc1. The first-order valence-electron chi connectivity index (χ1n) is 18.2. The molecule has 53 heavy (non-hydrogen) atoms. The standard InChI is InChI=1S/C50H30N2S/c1-2-11-36(12-3-1)51(38-25-19-31-9-4-5-10-34(31)29-38)37-23-17-32(18-24-37)35-21-27-43-46(30-35)53-45-28-22-33-20-26-42-41-15-8-14-40-39-13-6-7-16-44(39)52(49(40)41)50(42)47(33)48(43)45/h1-30H. The van der Waals surface area contributed by atoms with Crippen molar-refractivity contribution >= 4 is 108 Å². The third kappa shape index (κ3) is 4.14. The maximum atomic E-state index is 2.53. The number of benzene rings is 9. The topological polar surface area (TPSA) is 7.65 Å². The molecule has 0 aliphatic rings. The van der Waals surface area contributed by atoms with Gasteiger partial charge in [0.05, 0.1) is 16.6 Å². The average molecular weight is 691 g/mol. The van der Waals surface area contributed by atoms with Gasteiger partial charge in [0.2, 0.25) is 0 Å². The van der Waals surface area contributed by atoms with Gasteiger partial charge in [-0.05, 0) is 81.9 Å². The smallest absolute Gasteiger partial charge is 0.0626 e. The van der Waals surface area contributed by atoms with Gasteiger partial charge in [-0.3, -0.25) is 0 Å². The van der Waals surface area contributed by atoms with Gasteiger partial charge in [0.1, 0.15) is 0 Å². The molecular weight excluding hydrogens is 661 g/mol. The third-order valence-electron chi connectivity index (χ3n) is 11.3. The monoisotopic (exact) mass is 690 g/mol. The lowest BCUT2D eigenvalue weighted by atomic mass is 9.98. The first kappa shape index (κ1) is 29.0. The Morgan fingerprint density at radius 1 is 0.358 bits per heavy atom. The fourth-order valence-electron chi connectivity index (χ4n) is 8.91. The normalized spacial score (nSPS) is 12.2. The highest BCUT2D eigenvalue weighted by molar-refractivity contribution is 7.26. The van der Waals surface area contributed by atoms with Crippen molar-refractivity contribution in [3.8, 4) is 11.1 Å². The second-order valence-corrected chi connectivity index (χ2v) is 15.2. The summed E-state index contributed by atoms with van der Waals surface area (Å²) in [6.07, 6.45) is 0. The van der Waals surface area contributed by atoms with Crippen molar-refractivity contribution in [1.29, 1.82) is 0 Å². The van der Waals surface area contributed by atoms with E-state index < -0.39 is 0 Å². The van der Waals surface area contributed by atoms with E-state index in [2.05, 4.69) is 191 Å². The van der Waals surface area contributed by atoms with Gasteiger partial charge < -0.3 is 9.30 Å². The van der Waals surface area contributed by atoms with Gasteiger partial charge in [-0.25, -0.2) is 0 Å². The Hall–Kier alpha value is -6.68. The minimum Gasteiger partial charge on any atom is -0.310 e. The number of hydrogen-bond donors (Lipinski definition) is 0. The fraction of sp³-hybridized carbons (Fsp3) is 0. The Balaban J connectivity index is 1.01. The fourth-order valence-corrected chi connectivity index (χ4v) is 10.1. The van der Waals surface area contributed by atoms with Gasteiger partial charge >= 0.3 is 0 Å². The Morgan fingerprint density at radius 3 is 1.89 bits per heavy atom. The van der Waals surface area contributed by atoms with E-state index in [9.17, 15) is 0 Å². The van der Waals surface area contributed by atoms with Crippen LogP contribution in [0.5, 0.6) is 0 Å². The van der Waals surface area contributed by atoms with Crippen LogP contribution in [-0.4, -0.2) is 4.40 Å². The molecular formula is C50H30N2S. The van der Waals surface area contributed by atoms with Crippen LogP contribution in [0.15, 0.2) is 182 Å². The molecule has 0 aliphatic carbocycles. The molecule has 9 aromatic carbocycles. The quantitative estimate of drug-likeness (QED) is 0.178. The van der Waals surface area contributed by atoms with Gasteiger partial charge in [0, 0.05) is 64.2 Å². The molecule has 0 saturated carbocycles. The molecule has 3 heterocycles. The van der Waals surface area contributed by atoms with E-state index in [4.69, 9.17) is 0 Å². The highest BCUT2D eigenvalue weighted by atomic mass is 32.1. The molecule has 3 heteroatoms. The van der Waals surface area contributed by atoms with Crippen molar-refractivity contribution < 1.29 is 0 Å². The number of anilines is 3. The van der Waals surface area contributed by atoms with Gasteiger partial charge in [-0.2, -0.15) is 0 Å². The minimum atomic E-state index is 1.13. The number of hydrogen-bond acceptors (Lipinski definition) is 2. The largest absolute Gasteiger partial charge is 0.310 e. The molecule has 0 unspecified atom stereocenters. The van der Waals surface area contributed by atoms with E-state index >= 15 is 0 Å². The van der Waals surface area contributed by atoms with Crippen LogP contribution in [0.1, 0.15) is 0 Å². The molecule has 0 spiro atoms.